The Morgan fingerprint density at radius 3 is 2.59 bits per heavy atom. The molecule has 0 aliphatic carbocycles. The molecule has 1 aromatic heterocycles. The van der Waals surface area contributed by atoms with E-state index in [-0.39, 0.29) is 5.91 Å². The number of piperidine rings is 1. The van der Waals surface area contributed by atoms with Crippen molar-refractivity contribution in [2.45, 2.75) is 18.6 Å². The Kier molecular flexibility index (Phi) is 5.46. The van der Waals surface area contributed by atoms with E-state index in [1.54, 1.807) is 41.6 Å². The summed E-state index contributed by atoms with van der Waals surface area (Å²) in [5.74, 6) is -1.04. The van der Waals surface area contributed by atoms with Crippen molar-refractivity contribution in [1.29, 1.82) is 0 Å². The number of rotatable bonds is 4. The lowest BCUT2D eigenvalue weighted by Gasteiger charge is -2.37. The van der Waals surface area contributed by atoms with Crippen LogP contribution in [0.4, 0.5) is 11.4 Å². The number of para-hydroxylation sites is 1. The first-order chi connectivity index (χ1) is 14.1. The predicted octanol–water partition coefficient (Wildman–Crippen LogP) is 2.59. The molecule has 2 fully saturated rings. The number of anilines is 2. The molecule has 29 heavy (non-hydrogen) atoms. The number of pyridine rings is 1. The summed E-state index contributed by atoms with van der Waals surface area (Å²) in [4.78, 5) is 30.9. The van der Waals surface area contributed by atoms with Gasteiger partial charge in [0, 0.05) is 32.1 Å². The summed E-state index contributed by atoms with van der Waals surface area (Å²) in [5.41, 5.74) is 2.09. The Balaban J connectivity index is 1.47. The number of likely N-dealkylation sites (tertiary alicyclic amines) is 1. The third-order valence-corrected chi connectivity index (χ3v) is 5.22. The van der Waals surface area contributed by atoms with E-state index in [1.807, 2.05) is 6.07 Å². The van der Waals surface area contributed by atoms with E-state index in [2.05, 4.69) is 10.3 Å². The fourth-order valence-corrected chi connectivity index (χ4v) is 3.68. The van der Waals surface area contributed by atoms with Crippen LogP contribution >= 0.6 is 0 Å². The van der Waals surface area contributed by atoms with Gasteiger partial charge in [0.1, 0.15) is 0 Å². The van der Waals surface area contributed by atoms with E-state index in [0.717, 1.165) is 0 Å². The van der Waals surface area contributed by atoms with Crippen molar-refractivity contribution >= 4 is 23.3 Å². The Bertz CT molecular complexity index is 901. The second kappa shape index (κ2) is 8.18. The van der Waals surface area contributed by atoms with Gasteiger partial charge < -0.3 is 24.4 Å². The summed E-state index contributed by atoms with van der Waals surface area (Å²) in [6.45, 7) is 2.36. The van der Waals surface area contributed by atoms with Crippen molar-refractivity contribution < 1.29 is 23.8 Å². The molecule has 0 atom stereocenters. The fourth-order valence-electron chi connectivity index (χ4n) is 3.68. The van der Waals surface area contributed by atoms with E-state index >= 15 is 0 Å². The molecule has 1 spiro atoms. The van der Waals surface area contributed by atoms with Crippen molar-refractivity contribution in [3.63, 3.8) is 0 Å². The minimum atomic E-state index is -0.518. The summed E-state index contributed by atoms with van der Waals surface area (Å²) in [5, 5.41) is 3.15. The summed E-state index contributed by atoms with van der Waals surface area (Å²) in [6.07, 6.45) is 4.48. The van der Waals surface area contributed by atoms with Crippen molar-refractivity contribution in [2.75, 3.05) is 38.7 Å². The van der Waals surface area contributed by atoms with Crippen molar-refractivity contribution in [3.05, 3.63) is 53.9 Å². The predicted molar refractivity (Wildman–Crippen MR) is 105 cm³/mol. The van der Waals surface area contributed by atoms with Gasteiger partial charge in [-0.25, -0.2) is 4.79 Å². The third kappa shape index (κ3) is 4.08. The quantitative estimate of drug-likeness (QED) is 0.793. The Hall–Kier alpha value is -2.97. The van der Waals surface area contributed by atoms with E-state index in [4.69, 9.17) is 14.2 Å². The number of nitrogens with one attached hydrogen (secondary N) is 1. The molecule has 3 heterocycles. The molecule has 4 rings (SSSR count). The molecule has 1 N–H and O–H groups in total. The lowest BCUT2D eigenvalue weighted by Crippen LogP contribution is -2.47. The van der Waals surface area contributed by atoms with Crippen molar-refractivity contribution in [2.24, 2.45) is 0 Å². The lowest BCUT2D eigenvalue weighted by atomic mass is 10.0. The van der Waals surface area contributed by atoms with Gasteiger partial charge in [0.15, 0.2) is 5.79 Å². The number of hydrogen-bond donors (Lipinski definition) is 1. The molecule has 0 bridgehead atoms. The number of carbonyl (C=O) groups excluding carboxylic acids is 2. The molecule has 2 saturated heterocycles. The number of carbonyl (C=O) groups is 2. The van der Waals surface area contributed by atoms with Crippen LogP contribution in [0.1, 0.15) is 33.6 Å². The largest absolute Gasteiger partial charge is 0.465 e. The smallest absolute Gasteiger partial charge is 0.339 e. The first kappa shape index (κ1) is 19.4. The SMILES string of the molecule is COC(=O)c1ccccc1Nc1cncc(C(=O)N2CCC3(CC2)OCCO3)c1. The summed E-state index contributed by atoms with van der Waals surface area (Å²) < 4.78 is 16.3. The maximum atomic E-state index is 12.9. The highest BCUT2D eigenvalue weighted by atomic mass is 16.7. The van der Waals surface area contributed by atoms with Crippen LogP contribution in [0, 0.1) is 0 Å². The van der Waals surface area contributed by atoms with Crippen LogP contribution in [-0.2, 0) is 14.2 Å². The van der Waals surface area contributed by atoms with Crippen molar-refractivity contribution in [3.8, 4) is 0 Å². The van der Waals surface area contributed by atoms with Crippen LogP contribution in [0.5, 0.6) is 0 Å². The molecular formula is C21H23N3O5. The van der Waals surface area contributed by atoms with Gasteiger partial charge in [-0.3, -0.25) is 9.78 Å². The molecule has 8 heteroatoms. The van der Waals surface area contributed by atoms with Gasteiger partial charge in [-0.1, -0.05) is 12.1 Å². The molecule has 0 radical (unpaired) electrons. The molecule has 2 aliphatic rings. The standard InChI is InChI=1S/C21H23N3O5/c1-27-20(26)17-4-2-3-5-18(17)23-16-12-15(13-22-14-16)19(25)24-8-6-21(7-9-24)28-10-11-29-21/h2-5,12-14,23H,6-11H2,1H3. The highest BCUT2D eigenvalue weighted by Crippen LogP contribution is 2.32. The average molecular weight is 397 g/mol. The molecule has 152 valence electrons. The Morgan fingerprint density at radius 1 is 1.14 bits per heavy atom. The van der Waals surface area contributed by atoms with Gasteiger partial charge in [-0.15, -0.1) is 0 Å². The maximum Gasteiger partial charge on any atom is 0.339 e. The van der Waals surface area contributed by atoms with Gasteiger partial charge in [-0.2, -0.15) is 0 Å². The lowest BCUT2D eigenvalue weighted by molar-refractivity contribution is -0.181. The van der Waals surface area contributed by atoms with Gasteiger partial charge in [0.05, 0.1) is 49.0 Å². The Labute approximate surface area is 168 Å². The molecule has 2 aliphatic heterocycles. The van der Waals surface area contributed by atoms with Crippen LogP contribution in [-0.4, -0.2) is 61.0 Å². The molecule has 1 amide bonds. The van der Waals surface area contributed by atoms with E-state index < -0.39 is 11.8 Å². The molecule has 8 nitrogen and oxygen atoms in total. The number of aromatic nitrogens is 1. The zero-order chi connectivity index (χ0) is 20.3. The molecule has 0 saturated carbocycles. The normalized spacial score (nSPS) is 17.9. The minimum absolute atomic E-state index is 0.0877. The topological polar surface area (TPSA) is 90.0 Å². The number of benzene rings is 1. The van der Waals surface area contributed by atoms with Crippen LogP contribution in [0.2, 0.25) is 0 Å². The second-order valence-corrected chi connectivity index (χ2v) is 7.02. The number of methoxy groups -OCH3 is 1. The molecule has 0 unspecified atom stereocenters. The van der Waals surface area contributed by atoms with Gasteiger partial charge in [0.2, 0.25) is 0 Å². The first-order valence-corrected chi connectivity index (χ1v) is 9.57. The van der Waals surface area contributed by atoms with Gasteiger partial charge in [0.25, 0.3) is 5.91 Å². The molecular weight excluding hydrogens is 374 g/mol. The fraction of sp³-hybridized carbons (Fsp3) is 0.381. The summed E-state index contributed by atoms with van der Waals surface area (Å²) in [6, 6.07) is 8.75. The number of esters is 1. The zero-order valence-corrected chi connectivity index (χ0v) is 16.2. The number of ether oxygens (including phenoxy) is 3. The highest BCUT2D eigenvalue weighted by molar-refractivity contribution is 5.97. The van der Waals surface area contributed by atoms with Crippen LogP contribution < -0.4 is 5.32 Å². The van der Waals surface area contributed by atoms with Crippen molar-refractivity contribution in [1.82, 2.24) is 9.88 Å². The van der Waals surface area contributed by atoms with E-state index in [9.17, 15) is 9.59 Å². The van der Waals surface area contributed by atoms with E-state index in [1.165, 1.54) is 7.11 Å². The third-order valence-electron chi connectivity index (χ3n) is 5.22. The van der Waals surface area contributed by atoms with E-state index in [0.29, 0.717) is 61.6 Å². The zero-order valence-electron chi connectivity index (χ0n) is 16.2. The molecule has 2 aromatic rings. The first-order valence-electron chi connectivity index (χ1n) is 9.57. The number of nitrogens with zero attached hydrogens (tertiary/aromatic N) is 2. The minimum Gasteiger partial charge on any atom is -0.465 e. The average Bonchev–Trinajstić information content (AvgIpc) is 3.22. The maximum absolute atomic E-state index is 12.9. The number of amides is 1. The second-order valence-electron chi connectivity index (χ2n) is 7.02. The number of hydrogen-bond acceptors (Lipinski definition) is 7. The monoisotopic (exact) mass is 397 g/mol. The summed E-state index contributed by atoms with van der Waals surface area (Å²) >= 11 is 0. The van der Waals surface area contributed by atoms with Crippen LogP contribution in [0.15, 0.2) is 42.7 Å². The highest BCUT2D eigenvalue weighted by Gasteiger charge is 2.40. The Morgan fingerprint density at radius 2 is 1.86 bits per heavy atom. The molecule has 1 aromatic carbocycles. The van der Waals surface area contributed by atoms with Gasteiger partial charge >= 0.3 is 5.97 Å². The summed E-state index contributed by atoms with van der Waals surface area (Å²) in [7, 11) is 1.34. The van der Waals surface area contributed by atoms with Crippen LogP contribution in [0.3, 0.4) is 0 Å². The van der Waals surface area contributed by atoms with Crippen LogP contribution in [0.25, 0.3) is 0 Å². The van der Waals surface area contributed by atoms with Gasteiger partial charge in [-0.05, 0) is 18.2 Å².